The van der Waals surface area contributed by atoms with Gasteiger partial charge in [-0.15, -0.1) is 11.3 Å². The van der Waals surface area contributed by atoms with E-state index in [1.54, 1.807) is 13.0 Å². The molecule has 1 fully saturated rings. The molecular formula is C24H33NO5S. The summed E-state index contributed by atoms with van der Waals surface area (Å²) in [7, 11) is 1.27. The predicted molar refractivity (Wildman–Crippen MR) is 122 cm³/mol. The third kappa shape index (κ3) is 6.33. The summed E-state index contributed by atoms with van der Waals surface area (Å²) in [6.07, 6.45) is 3.54. The van der Waals surface area contributed by atoms with Crippen LogP contribution in [0.1, 0.15) is 81.3 Å². The normalized spacial score (nSPS) is 19.7. The van der Waals surface area contributed by atoms with Crippen LogP contribution in [0.3, 0.4) is 0 Å². The highest BCUT2D eigenvalue weighted by Crippen LogP contribution is 2.37. The predicted octanol–water partition coefficient (Wildman–Crippen LogP) is 4.95. The maximum atomic E-state index is 13.6. The van der Waals surface area contributed by atoms with Crippen molar-refractivity contribution >= 4 is 34.9 Å². The van der Waals surface area contributed by atoms with Gasteiger partial charge in [0.1, 0.15) is 10.9 Å². The lowest BCUT2D eigenvalue weighted by Gasteiger charge is -2.34. The number of nitrogens with zero attached hydrogens (tertiary/aromatic N) is 1. The van der Waals surface area contributed by atoms with Crippen LogP contribution >= 0.6 is 11.3 Å². The van der Waals surface area contributed by atoms with E-state index in [2.05, 4.69) is 18.8 Å². The van der Waals surface area contributed by atoms with Gasteiger partial charge in [-0.1, -0.05) is 25.7 Å². The summed E-state index contributed by atoms with van der Waals surface area (Å²) in [4.78, 5) is 40.3. The molecule has 0 spiro atoms. The molecule has 31 heavy (non-hydrogen) atoms. The van der Waals surface area contributed by atoms with Crippen LogP contribution in [0.5, 0.6) is 0 Å². The molecule has 6 nitrogen and oxygen atoms in total. The molecule has 1 aromatic rings. The summed E-state index contributed by atoms with van der Waals surface area (Å²) in [5.41, 5.74) is 0.0459. The standard InChI is InChI=1S/C24H33NO5S/c1-7-18(22(27)28)25(21(26)16-10-8-15(2)9-11-16)19-14-17(12-13-24(3,4)5)31-20(19)23(29)30-6/h14-16,18H,7-11H2,1-6H3,(H,27,28)/t15-,16-,18-/m0/s1. The monoisotopic (exact) mass is 447 g/mol. The van der Waals surface area contributed by atoms with Gasteiger partial charge in [0.25, 0.3) is 0 Å². The number of methoxy groups -OCH3 is 1. The van der Waals surface area contributed by atoms with E-state index in [-0.39, 0.29) is 34.2 Å². The summed E-state index contributed by atoms with van der Waals surface area (Å²) < 4.78 is 4.94. The van der Waals surface area contributed by atoms with Crippen LogP contribution < -0.4 is 4.90 Å². The zero-order valence-electron chi connectivity index (χ0n) is 19.3. The van der Waals surface area contributed by atoms with Crippen LogP contribution in [0.4, 0.5) is 5.69 Å². The van der Waals surface area contributed by atoms with Gasteiger partial charge in [0.2, 0.25) is 5.91 Å². The number of amides is 1. The maximum absolute atomic E-state index is 13.6. The van der Waals surface area contributed by atoms with Crippen LogP contribution in [-0.4, -0.2) is 36.1 Å². The van der Waals surface area contributed by atoms with Crippen molar-refractivity contribution in [2.45, 2.75) is 72.8 Å². The number of hydrogen-bond acceptors (Lipinski definition) is 5. The Hall–Kier alpha value is -2.33. The fraction of sp³-hybridized carbons (Fsp3) is 0.625. The third-order valence-corrected chi connectivity index (χ3v) is 6.51. The Kier molecular flexibility index (Phi) is 8.30. The zero-order valence-corrected chi connectivity index (χ0v) is 20.1. The van der Waals surface area contributed by atoms with Gasteiger partial charge in [-0.3, -0.25) is 9.69 Å². The number of aliphatic carboxylic acids is 1. The molecule has 0 aromatic carbocycles. The Bertz CT molecular complexity index is 878. The lowest BCUT2D eigenvalue weighted by Crippen LogP contribution is -2.48. The van der Waals surface area contributed by atoms with E-state index in [0.717, 1.165) is 37.0 Å². The molecule has 1 aromatic heterocycles. The van der Waals surface area contributed by atoms with Crippen molar-refractivity contribution in [3.8, 4) is 11.8 Å². The van der Waals surface area contributed by atoms with E-state index in [1.807, 2.05) is 20.8 Å². The van der Waals surface area contributed by atoms with E-state index in [0.29, 0.717) is 10.8 Å². The molecule has 1 heterocycles. The molecule has 170 valence electrons. The highest BCUT2D eigenvalue weighted by Gasteiger charge is 2.38. The summed E-state index contributed by atoms with van der Waals surface area (Å²) >= 11 is 1.13. The molecule has 1 saturated carbocycles. The average molecular weight is 448 g/mol. The Balaban J connectivity index is 2.59. The quantitative estimate of drug-likeness (QED) is 0.492. The first-order valence-electron chi connectivity index (χ1n) is 10.8. The number of carboxylic acid groups (broad SMARTS) is 1. The number of anilines is 1. The fourth-order valence-electron chi connectivity index (χ4n) is 3.72. The largest absolute Gasteiger partial charge is 0.480 e. The second-order valence-corrected chi connectivity index (χ2v) is 10.3. The molecule has 1 atom stereocenters. The SMILES string of the molecule is CC[C@@H](C(=O)O)N(c1cc(C#CC(C)(C)C)sc1C(=O)OC)C(=O)[C@H]1CC[C@H](C)CC1. The van der Waals surface area contributed by atoms with Gasteiger partial charge >= 0.3 is 11.9 Å². The Morgan fingerprint density at radius 3 is 2.35 bits per heavy atom. The Morgan fingerprint density at radius 2 is 1.87 bits per heavy atom. The average Bonchev–Trinajstić information content (AvgIpc) is 3.13. The number of rotatable bonds is 6. The van der Waals surface area contributed by atoms with Crippen molar-refractivity contribution in [3.63, 3.8) is 0 Å². The van der Waals surface area contributed by atoms with Crippen molar-refractivity contribution < 1.29 is 24.2 Å². The van der Waals surface area contributed by atoms with E-state index in [1.165, 1.54) is 12.0 Å². The Morgan fingerprint density at radius 1 is 1.26 bits per heavy atom. The van der Waals surface area contributed by atoms with Gasteiger partial charge in [0, 0.05) is 11.3 Å². The summed E-state index contributed by atoms with van der Waals surface area (Å²) in [5, 5.41) is 9.86. The smallest absolute Gasteiger partial charge is 0.350 e. The van der Waals surface area contributed by atoms with Crippen LogP contribution in [0.15, 0.2) is 6.07 Å². The van der Waals surface area contributed by atoms with Crippen molar-refractivity contribution in [2.24, 2.45) is 17.3 Å². The molecule has 0 unspecified atom stereocenters. The number of carboxylic acids is 1. The van der Waals surface area contributed by atoms with Crippen molar-refractivity contribution in [1.82, 2.24) is 0 Å². The molecule has 1 aliphatic carbocycles. The van der Waals surface area contributed by atoms with E-state index < -0.39 is 18.0 Å². The van der Waals surface area contributed by atoms with Crippen molar-refractivity contribution in [2.75, 3.05) is 12.0 Å². The third-order valence-electron chi connectivity index (χ3n) is 5.49. The Labute approximate surface area is 189 Å². The number of thiophene rings is 1. The minimum absolute atomic E-state index is 0.206. The van der Waals surface area contributed by atoms with Crippen LogP contribution in [0, 0.1) is 29.1 Å². The van der Waals surface area contributed by atoms with Gasteiger partial charge in [-0.2, -0.15) is 0 Å². The highest BCUT2D eigenvalue weighted by atomic mass is 32.1. The van der Waals surface area contributed by atoms with E-state index >= 15 is 0 Å². The number of hydrogen-bond donors (Lipinski definition) is 1. The molecule has 0 aliphatic heterocycles. The van der Waals surface area contributed by atoms with Crippen LogP contribution in [0.25, 0.3) is 0 Å². The summed E-state index contributed by atoms with van der Waals surface area (Å²) in [6.45, 7) is 9.83. The van der Waals surface area contributed by atoms with Gasteiger partial charge in [0.05, 0.1) is 17.7 Å². The van der Waals surface area contributed by atoms with Gasteiger partial charge in [-0.05, 0) is 64.9 Å². The fourth-order valence-corrected chi connectivity index (χ4v) is 4.64. The van der Waals surface area contributed by atoms with Gasteiger partial charge in [0.15, 0.2) is 0 Å². The lowest BCUT2D eigenvalue weighted by atomic mass is 9.82. The summed E-state index contributed by atoms with van der Waals surface area (Å²) in [5.74, 6) is 4.57. The molecule has 7 heteroatoms. The number of ether oxygens (including phenoxy) is 1. The first kappa shape index (κ1) is 24.9. The zero-order chi connectivity index (χ0) is 23.3. The van der Waals surface area contributed by atoms with Gasteiger partial charge in [-0.25, -0.2) is 9.59 Å². The van der Waals surface area contributed by atoms with Crippen molar-refractivity contribution in [1.29, 1.82) is 0 Å². The van der Waals surface area contributed by atoms with E-state index in [4.69, 9.17) is 4.74 Å². The highest BCUT2D eigenvalue weighted by molar-refractivity contribution is 7.15. The number of carbonyl (C=O) groups is 3. The molecule has 0 saturated heterocycles. The minimum Gasteiger partial charge on any atom is -0.480 e. The molecule has 1 amide bonds. The minimum atomic E-state index is -1.09. The first-order valence-corrected chi connectivity index (χ1v) is 11.6. The second kappa shape index (κ2) is 10.3. The van der Waals surface area contributed by atoms with Crippen LogP contribution in [-0.2, 0) is 14.3 Å². The second-order valence-electron chi connectivity index (χ2n) is 9.24. The molecule has 2 rings (SSSR count). The lowest BCUT2D eigenvalue weighted by molar-refractivity contribution is -0.140. The maximum Gasteiger partial charge on any atom is 0.350 e. The molecule has 1 aliphatic rings. The van der Waals surface area contributed by atoms with Crippen molar-refractivity contribution in [3.05, 3.63) is 15.8 Å². The number of carbonyl (C=O) groups excluding carboxylic acids is 2. The topological polar surface area (TPSA) is 83.9 Å². The van der Waals surface area contributed by atoms with Gasteiger partial charge < -0.3 is 9.84 Å². The first-order chi connectivity index (χ1) is 14.5. The molecule has 0 radical (unpaired) electrons. The summed E-state index contributed by atoms with van der Waals surface area (Å²) in [6, 6.07) is 0.596. The molecular weight excluding hydrogens is 414 g/mol. The molecule has 0 bridgehead atoms. The molecule has 1 N–H and O–H groups in total. The van der Waals surface area contributed by atoms with Crippen LogP contribution in [0.2, 0.25) is 0 Å². The number of esters is 1. The van der Waals surface area contributed by atoms with E-state index in [9.17, 15) is 19.5 Å².